The second-order valence-electron chi connectivity index (χ2n) is 0.333. The molecule has 0 bridgehead atoms. The molecule has 3 heteroatoms. The van der Waals surface area contributed by atoms with Crippen LogP contribution in [0.5, 0.6) is 0 Å². The molecular formula is C2H7LiO2. The molecule has 0 fully saturated rings. The monoisotopic (exact) mass is 70.1 g/mol. The van der Waals surface area contributed by atoms with Crippen LogP contribution in [0.4, 0.5) is 0 Å². The summed E-state index contributed by atoms with van der Waals surface area (Å²) in [5.74, 6) is 0. The van der Waals surface area contributed by atoms with Gasteiger partial charge in [-0.15, -0.1) is 0 Å². The fraction of sp³-hybridized carbons (Fsp3) is 1.00. The third kappa shape index (κ3) is 12.4. The Morgan fingerprint density at radius 3 is 1.20 bits per heavy atom. The number of hydrogen-bond donors (Lipinski definition) is 0. The maximum atomic E-state index is 4.04. The molecule has 0 aromatic carbocycles. The van der Waals surface area contributed by atoms with E-state index >= 15 is 0 Å². The van der Waals surface area contributed by atoms with E-state index < -0.39 is 0 Å². The van der Waals surface area contributed by atoms with E-state index in [1.807, 2.05) is 0 Å². The summed E-state index contributed by atoms with van der Waals surface area (Å²) in [4.78, 5) is 8.08. The summed E-state index contributed by atoms with van der Waals surface area (Å²) >= 11 is 0. The molecule has 0 aromatic rings. The zero-order chi connectivity index (χ0) is 3.41. The molecule has 0 aliphatic rings. The average molecular weight is 70.0 g/mol. The SMILES string of the molecule is COOC.[LiH]. The maximum absolute atomic E-state index is 4.04. The van der Waals surface area contributed by atoms with E-state index in [-0.39, 0.29) is 18.9 Å². The van der Waals surface area contributed by atoms with Gasteiger partial charge in [-0.25, -0.2) is 9.78 Å². The summed E-state index contributed by atoms with van der Waals surface area (Å²) in [5.41, 5.74) is 0. The van der Waals surface area contributed by atoms with Gasteiger partial charge in [0, 0.05) is 0 Å². The molecule has 28 valence electrons. The van der Waals surface area contributed by atoms with Crippen LogP contribution in [0, 0.1) is 0 Å². The third-order valence-corrected chi connectivity index (χ3v) is 0.167. The first-order chi connectivity index (χ1) is 1.91. The van der Waals surface area contributed by atoms with Crippen LogP contribution in [0.15, 0.2) is 0 Å². The van der Waals surface area contributed by atoms with Crippen molar-refractivity contribution in [2.45, 2.75) is 0 Å². The van der Waals surface area contributed by atoms with E-state index in [0.29, 0.717) is 0 Å². The van der Waals surface area contributed by atoms with E-state index in [1.54, 1.807) is 0 Å². The van der Waals surface area contributed by atoms with Crippen molar-refractivity contribution in [2.24, 2.45) is 0 Å². The Hall–Kier alpha value is 0.517. The van der Waals surface area contributed by atoms with E-state index in [4.69, 9.17) is 0 Å². The molecule has 0 amide bonds. The van der Waals surface area contributed by atoms with Gasteiger partial charge in [-0.2, -0.15) is 0 Å². The molecule has 0 aliphatic carbocycles. The normalized spacial score (nSPS) is 6.00. The van der Waals surface area contributed by atoms with Crippen molar-refractivity contribution in [1.82, 2.24) is 0 Å². The van der Waals surface area contributed by atoms with Gasteiger partial charge in [0.05, 0.1) is 14.2 Å². The molecule has 2 nitrogen and oxygen atoms in total. The van der Waals surface area contributed by atoms with Crippen molar-refractivity contribution in [3.63, 3.8) is 0 Å². The van der Waals surface area contributed by atoms with Crippen molar-refractivity contribution in [1.29, 1.82) is 0 Å². The van der Waals surface area contributed by atoms with Crippen LogP contribution in [0.2, 0.25) is 0 Å². The summed E-state index contributed by atoms with van der Waals surface area (Å²) in [6.45, 7) is 0. The fourth-order valence-corrected chi connectivity index (χ4v) is 0. The quantitative estimate of drug-likeness (QED) is 0.236. The molecule has 0 saturated carbocycles. The number of hydrogen-bond acceptors (Lipinski definition) is 2. The van der Waals surface area contributed by atoms with Crippen molar-refractivity contribution >= 4 is 18.9 Å². The van der Waals surface area contributed by atoms with E-state index in [2.05, 4.69) is 9.78 Å². The van der Waals surface area contributed by atoms with Gasteiger partial charge in [-0.1, -0.05) is 0 Å². The second kappa shape index (κ2) is 8.82. The van der Waals surface area contributed by atoms with Crippen molar-refractivity contribution < 1.29 is 9.78 Å². The first-order valence-corrected chi connectivity index (χ1v) is 0.983. The molecule has 0 aromatic heterocycles. The van der Waals surface area contributed by atoms with Gasteiger partial charge in [0.15, 0.2) is 0 Å². The van der Waals surface area contributed by atoms with Gasteiger partial charge < -0.3 is 0 Å². The van der Waals surface area contributed by atoms with Crippen LogP contribution in [0.3, 0.4) is 0 Å². The molecule has 0 atom stereocenters. The molecule has 0 heterocycles. The third-order valence-electron chi connectivity index (χ3n) is 0.167. The molecule has 0 rings (SSSR count). The van der Waals surface area contributed by atoms with Gasteiger partial charge in [-0.3, -0.25) is 0 Å². The van der Waals surface area contributed by atoms with Gasteiger partial charge >= 0.3 is 18.9 Å². The summed E-state index contributed by atoms with van der Waals surface area (Å²) in [6.07, 6.45) is 0. The molecule has 0 unspecified atom stereocenters. The Morgan fingerprint density at radius 2 is 1.20 bits per heavy atom. The number of rotatable bonds is 1. The summed E-state index contributed by atoms with van der Waals surface area (Å²) in [6, 6.07) is 0. The zero-order valence-electron chi connectivity index (χ0n) is 2.82. The van der Waals surface area contributed by atoms with E-state index in [9.17, 15) is 0 Å². The van der Waals surface area contributed by atoms with Crippen LogP contribution < -0.4 is 0 Å². The minimum absolute atomic E-state index is 0. The minimum atomic E-state index is 0. The summed E-state index contributed by atoms with van der Waals surface area (Å²) < 4.78 is 0. The van der Waals surface area contributed by atoms with Crippen LogP contribution in [-0.2, 0) is 9.78 Å². The Bertz CT molecular complexity index is 9.61. The fourth-order valence-electron chi connectivity index (χ4n) is 0. The molecule has 0 radical (unpaired) electrons. The molecule has 0 saturated heterocycles. The van der Waals surface area contributed by atoms with E-state index in [1.165, 1.54) is 14.2 Å². The Balaban J connectivity index is 0. The zero-order valence-corrected chi connectivity index (χ0v) is 2.82. The standard InChI is InChI=1S/C2H6O2.Li.H/c1-3-4-2;;/h1-2H3;;. The molecule has 0 N–H and O–H groups in total. The van der Waals surface area contributed by atoms with E-state index in [0.717, 1.165) is 0 Å². The average Bonchev–Trinajstić information content (AvgIpc) is 1.37. The first kappa shape index (κ1) is 9.10. The molecular weight excluding hydrogens is 63.0 g/mol. The van der Waals surface area contributed by atoms with Crippen LogP contribution in [-0.4, -0.2) is 33.1 Å². The first-order valence-electron chi connectivity index (χ1n) is 0.983. The molecule has 0 aliphatic heterocycles. The van der Waals surface area contributed by atoms with Crippen molar-refractivity contribution in [2.75, 3.05) is 14.2 Å². The predicted octanol–water partition coefficient (Wildman–Crippen LogP) is -0.454. The van der Waals surface area contributed by atoms with Crippen molar-refractivity contribution in [3.8, 4) is 0 Å². The van der Waals surface area contributed by atoms with Crippen molar-refractivity contribution in [3.05, 3.63) is 0 Å². The Morgan fingerprint density at radius 1 is 1.00 bits per heavy atom. The van der Waals surface area contributed by atoms with Gasteiger partial charge in [-0.05, 0) is 0 Å². The van der Waals surface area contributed by atoms with Crippen LogP contribution in [0.1, 0.15) is 0 Å². The van der Waals surface area contributed by atoms with Crippen LogP contribution in [0.25, 0.3) is 0 Å². The Labute approximate surface area is 43.6 Å². The topological polar surface area (TPSA) is 18.5 Å². The molecule has 0 spiro atoms. The predicted molar refractivity (Wildman–Crippen MR) is 21.2 cm³/mol. The van der Waals surface area contributed by atoms with Gasteiger partial charge in [0.1, 0.15) is 0 Å². The Kier molecular flexibility index (Phi) is 16.1. The van der Waals surface area contributed by atoms with Gasteiger partial charge in [0.2, 0.25) is 0 Å². The second-order valence-corrected chi connectivity index (χ2v) is 0.333. The van der Waals surface area contributed by atoms with Gasteiger partial charge in [0.25, 0.3) is 0 Å². The molecule has 5 heavy (non-hydrogen) atoms. The van der Waals surface area contributed by atoms with Crippen LogP contribution >= 0.6 is 0 Å². The summed E-state index contributed by atoms with van der Waals surface area (Å²) in [5, 5.41) is 0. The summed E-state index contributed by atoms with van der Waals surface area (Å²) in [7, 11) is 2.92.